The first kappa shape index (κ1) is 22.2. The van der Waals surface area contributed by atoms with Gasteiger partial charge >= 0.3 is 5.97 Å². The maximum Gasteiger partial charge on any atom is 0.330 e. The van der Waals surface area contributed by atoms with E-state index in [2.05, 4.69) is 6.92 Å². The van der Waals surface area contributed by atoms with Crippen LogP contribution in [0.3, 0.4) is 0 Å². The number of hydrogen-bond donors (Lipinski definition) is 1. The molecular formula is C22H40O3. The van der Waals surface area contributed by atoms with Gasteiger partial charge in [-0.3, -0.25) is 0 Å². The number of unbranched alkanes of at least 4 members (excludes halogenated alkanes) is 12. The molecule has 0 fully saturated rings. The maximum absolute atomic E-state index is 11.1. The van der Waals surface area contributed by atoms with E-state index in [0.29, 0.717) is 6.42 Å². The molecule has 25 heavy (non-hydrogen) atoms. The molecule has 0 unspecified atom stereocenters. The lowest BCUT2D eigenvalue weighted by molar-refractivity contribution is -0.145. The van der Waals surface area contributed by atoms with Gasteiger partial charge in [0.25, 0.3) is 0 Å². The molecule has 0 amide bonds. The Kier molecular flexibility index (Phi) is 13.7. The summed E-state index contributed by atoms with van der Waals surface area (Å²) in [4.78, 5) is 11.1. The zero-order chi connectivity index (χ0) is 18.2. The molecule has 0 radical (unpaired) electrons. The summed E-state index contributed by atoms with van der Waals surface area (Å²) in [5, 5.41) is 10.0. The SMILES string of the molecule is CCCCCCCCCCCCCCC[C@H](O)C[C@H]1CC=CC(=O)O1. The molecule has 2 atom stereocenters. The molecule has 0 aliphatic carbocycles. The highest BCUT2D eigenvalue weighted by Gasteiger charge is 2.19. The van der Waals surface area contributed by atoms with Crippen molar-refractivity contribution in [3.63, 3.8) is 0 Å². The Bertz CT molecular complexity index is 351. The van der Waals surface area contributed by atoms with Crippen molar-refractivity contribution in [3.05, 3.63) is 12.2 Å². The third kappa shape index (κ3) is 13.1. The largest absolute Gasteiger partial charge is 0.459 e. The second-order valence-electron chi connectivity index (χ2n) is 7.62. The molecule has 0 saturated heterocycles. The average Bonchev–Trinajstić information content (AvgIpc) is 2.59. The summed E-state index contributed by atoms with van der Waals surface area (Å²) < 4.78 is 5.19. The predicted octanol–water partition coefficient (Wildman–Crippen LogP) is 6.09. The summed E-state index contributed by atoms with van der Waals surface area (Å²) in [7, 11) is 0. The van der Waals surface area contributed by atoms with Gasteiger partial charge in [-0.05, 0) is 6.42 Å². The molecule has 3 nitrogen and oxygen atoms in total. The van der Waals surface area contributed by atoms with Crippen LogP contribution in [0, 0.1) is 0 Å². The topological polar surface area (TPSA) is 46.5 Å². The summed E-state index contributed by atoms with van der Waals surface area (Å²) in [5.41, 5.74) is 0. The van der Waals surface area contributed by atoms with Crippen LogP contribution in [0.5, 0.6) is 0 Å². The molecule has 1 N–H and O–H groups in total. The van der Waals surface area contributed by atoms with Crippen molar-refractivity contribution >= 4 is 5.97 Å². The first-order chi connectivity index (χ1) is 12.2. The summed E-state index contributed by atoms with van der Waals surface area (Å²) in [6, 6.07) is 0. The van der Waals surface area contributed by atoms with Crippen molar-refractivity contribution in [2.24, 2.45) is 0 Å². The third-order valence-corrected chi connectivity index (χ3v) is 5.11. The number of rotatable bonds is 16. The van der Waals surface area contributed by atoms with Crippen LogP contribution in [0.15, 0.2) is 12.2 Å². The van der Waals surface area contributed by atoms with Crippen molar-refractivity contribution in [3.8, 4) is 0 Å². The number of ether oxygens (including phenoxy) is 1. The van der Waals surface area contributed by atoms with E-state index in [1.807, 2.05) is 6.08 Å². The molecule has 0 aromatic heterocycles. The van der Waals surface area contributed by atoms with Crippen LogP contribution in [0.2, 0.25) is 0 Å². The molecule has 0 aromatic rings. The van der Waals surface area contributed by atoms with Gasteiger partial charge in [0, 0.05) is 18.9 Å². The van der Waals surface area contributed by atoms with E-state index >= 15 is 0 Å². The van der Waals surface area contributed by atoms with E-state index in [4.69, 9.17) is 4.74 Å². The van der Waals surface area contributed by atoms with Crippen molar-refractivity contribution in [2.75, 3.05) is 0 Å². The Balaban J connectivity index is 1.81. The molecule has 0 aromatic carbocycles. The van der Waals surface area contributed by atoms with Gasteiger partial charge in [0.2, 0.25) is 0 Å². The quantitative estimate of drug-likeness (QED) is 0.270. The molecular weight excluding hydrogens is 312 g/mol. The monoisotopic (exact) mass is 352 g/mol. The summed E-state index contributed by atoms with van der Waals surface area (Å²) in [6.45, 7) is 2.27. The van der Waals surface area contributed by atoms with Crippen molar-refractivity contribution < 1.29 is 14.6 Å². The molecule has 3 heteroatoms. The van der Waals surface area contributed by atoms with Crippen LogP contribution in [-0.4, -0.2) is 23.3 Å². The smallest absolute Gasteiger partial charge is 0.330 e. The highest BCUT2D eigenvalue weighted by atomic mass is 16.5. The summed E-state index contributed by atoms with van der Waals surface area (Å²) in [6.07, 6.45) is 22.4. The zero-order valence-corrected chi connectivity index (χ0v) is 16.4. The van der Waals surface area contributed by atoms with E-state index in [9.17, 15) is 9.90 Å². The normalized spacial score (nSPS) is 18.3. The summed E-state index contributed by atoms with van der Waals surface area (Å²) >= 11 is 0. The van der Waals surface area contributed by atoms with Gasteiger partial charge in [-0.25, -0.2) is 4.79 Å². The Morgan fingerprint density at radius 1 is 0.960 bits per heavy atom. The van der Waals surface area contributed by atoms with Gasteiger partial charge in [0.05, 0.1) is 6.10 Å². The van der Waals surface area contributed by atoms with Gasteiger partial charge in [-0.2, -0.15) is 0 Å². The first-order valence-corrected chi connectivity index (χ1v) is 10.8. The molecule has 1 rings (SSSR count). The third-order valence-electron chi connectivity index (χ3n) is 5.11. The lowest BCUT2D eigenvalue weighted by atomic mass is 10.0. The summed E-state index contributed by atoms with van der Waals surface area (Å²) in [5.74, 6) is -0.274. The second-order valence-corrected chi connectivity index (χ2v) is 7.62. The fraction of sp³-hybridized carbons (Fsp3) is 0.864. The molecule has 0 saturated carbocycles. The van der Waals surface area contributed by atoms with Gasteiger partial charge < -0.3 is 9.84 Å². The predicted molar refractivity (Wildman–Crippen MR) is 105 cm³/mol. The minimum Gasteiger partial charge on any atom is -0.459 e. The van der Waals surface area contributed by atoms with E-state index in [0.717, 1.165) is 19.3 Å². The van der Waals surface area contributed by atoms with Crippen LogP contribution < -0.4 is 0 Å². The highest BCUT2D eigenvalue weighted by Crippen LogP contribution is 2.17. The van der Waals surface area contributed by atoms with Crippen LogP contribution in [0.4, 0.5) is 0 Å². The van der Waals surface area contributed by atoms with Gasteiger partial charge in [-0.15, -0.1) is 0 Å². The van der Waals surface area contributed by atoms with Crippen molar-refractivity contribution in [1.29, 1.82) is 0 Å². The van der Waals surface area contributed by atoms with Gasteiger partial charge in [0.15, 0.2) is 0 Å². The Morgan fingerprint density at radius 3 is 2.00 bits per heavy atom. The minimum atomic E-state index is -0.336. The lowest BCUT2D eigenvalue weighted by Gasteiger charge is -2.21. The molecule has 1 aliphatic heterocycles. The van der Waals surface area contributed by atoms with Gasteiger partial charge in [0.1, 0.15) is 6.10 Å². The fourth-order valence-electron chi connectivity index (χ4n) is 3.53. The van der Waals surface area contributed by atoms with E-state index < -0.39 is 0 Å². The Labute approximate surface area is 155 Å². The molecule has 1 heterocycles. The number of aliphatic hydroxyl groups is 1. The molecule has 0 bridgehead atoms. The molecule has 146 valence electrons. The van der Waals surface area contributed by atoms with Crippen LogP contribution in [0.1, 0.15) is 110 Å². The van der Waals surface area contributed by atoms with Crippen molar-refractivity contribution in [2.45, 2.75) is 122 Å². The van der Waals surface area contributed by atoms with E-state index in [1.54, 1.807) is 0 Å². The van der Waals surface area contributed by atoms with Crippen LogP contribution in [0.25, 0.3) is 0 Å². The van der Waals surface area contributed by atoms with E-state index in [-0.39, 0.29) is 18.2 Å². The Morgan fingerprint density at radius 2 is 1.48 bits per heavy atom. The lowest BCUT2D eigenvalue weighted by Crippen LogP contribution is -2.25. The van der Waals surface area contributed by atoms with Crippen LogP contribution in [-0.2, 0) is 9.53 Å². The minimum absolute atomic E-state index is 0.130. The molecule has 1 aliphatic rings. The zero-order valence-electron chi connectivity index (χ0n) is 16.4. The standard InChI is InChI=1S/C22H40O3/c1-2-3-4-5-6-7-8-9-10-11-12-13-14-16-20(23)19-21-17-15-18-22(24)25-21/h15,18,20-21,23H,2-14,16-17,19H2,1H3/t20-,21+/m0/s1. The number of carbonyl (C=O) groups excluding carboxylic acids is 1. The molecule has 0 spiro atoms. The number of aliphatic hydroxyl groups excluding tert-OH is 1. The Hall–Kier alpha value is -0.830. The number of carbonyl (C=O) groups is 1. The fourth-order valence-corrected chi connectivity index (χ4v) is 3.53. The number of cyclic esters (lactones) is 1. The maximum atomic E-state index is 11.1. The first-order valence-electron chi connectivity index (χ1n) is 10.8. The average molecular weight is 353 g/mol. The number of hydrogen-bond acceptors (Lipinski definition) is 3. The number of esters is 1. The van der Waals surface area contributed by atoms with E-state index in [1.165, 1.54) is 83.1 Å². The highest BCUT2D eigenvalue weighted by molar-refractivity contribution is 5.82. The van der Waals surface area contributed by atoms with Gasteiger partial charge in [-0.1, -0.05) is 96.5 Å². The second kappa shape index (κ2) is 15.4. The van der Waals surface area contributed by atoms with Crippen molar-refractivity contribution in [1.82, 2.24) is 0 Å². The van der Waals surface area contributed by atoms with Crippen LogP contribution >= 0.6 is 0 Å².